The number of aromatic nitrogens is 2. The van der Waals surface area contributed by atoms with Gasteiger partial charge in [-0.15, -0.1) is 0 Å². The van der Waals surface area contributed by atoms with Crippen LogP contribution in [-0.2, 0) is 6.42 Å². The number of halogens is 1. The smallest absolute Gasteiger partial charge is 0.274 e. The zero-order valence-corrected chi connectivity index (χ0v) is 14.0. The first-order chi connectivity index (χ1) is 12.0. The summed E-state index contributed by atoms with van der Waals surface area (Å²) < 4.78 is 15.1. The van der Waals surface area contributed by atoms with Crippen molar-refractivity contribution in [2.75, 3.05) is 5.32 Å². The molecule has 6 heteroatoms. The summed E-state index contributed by atoms with van der Waals surface area (Å²) in [5.41, 5.74) is 2.47. The molecule has 0 radical (unpaired) electrons. The van der Waals surface area contributed by atoms with Crippen LogP contribution in [0.1, 0.15) is 46.8 Å². The molecule has 128 valence electrons. The number of aryl methyl sites for hydroxylation is 1. The number of rotatable bonds is 5. The van der Waals surface area contributed by atoms with Crippen LogP contribution in [0.5, 0.6) is 0 Å². The molecule has 5 nitrogen and oxygen atoms in total. The number of imidazole rings is 1. The van der Waals surface area contributed by atoms with Crippen molar-refractivity contribution < 1.29 is 14.0 Å². The Morgan fingerprint density at radius 3 is 2.76 bits per heavy atom. The molecule has 1 N–H and O–H groups in total. The molecule has 0 spiro atoms. The summed E-state index contributed by atoms with van der Waals surface area (Å²) in [6.07, 6.45) is 2.68. The average molecular weight is 339 g/mol. The summed E-state index contributed by atoms with van der Waals surface area (Å²) >= 11 is 0. The van der Waals surface area contributed by atoms with Gasteiger partial charge < -0.3 is 5.32 Å². The van der Waals surface area contributed by atoms with Crippen molar-refractivity contribution in [3.63, 3.8) is 0 Å². The molecule has 0 fully saturated rings. The number of nitrogens with one attached hydrogen (secondary N) is 1. The molecule has 0 saturated heterocycles. The predicted molar refractivity (Wildman–Crippen MR) is 93.5 cm³/mol. The van der Waals surface area contributed by atoms with Crippen molar-refractivity contribution in [1.29, 1.82) is 0 Å². The summed E-state index contributed by atoms with van der Waals surface area (Å²) in [5.74, 6) is -0.914. The van der Waals surface area contributed by atoms with Crippen LogP contribution >= 0.6 is 0 Å². The number of amides is 1. The maximum Gasteiger partial charge on any atom is 0.274 e. The molecular weight excluding hydrogens is 321 g/mol. The first-order valence-corrected chi connectivity index (χ1v) is 8.08. The molecule has 25 heavy (non-hydrogen) atoms. The normalized spacial score (nSPS) is 10.8. The fraction of sp³-hybridized carbons (Fsp3) is 0.211. The summed E-state index contributed by atoms with van der Waals surface area (Å²) in [4.78, 5) is 28.7. The monoisotopic (exact) mass is 339 g/mol. The molecule has 1 amide bonds. The Balaban J connectivity index is 2.01. The second-order valence-corrected chi connectivity index (χ2v) is 5.82. The van der Waals surface area contributed by atoms with E-state index in [9.17, 15) is 14.0 Å². The van der Waals surface area contributed by atoms with E-state index >= 15 is 0 Å². The third-order valence-corrected chi connectivity index (χ3v) is 3.88. The summed E-state index contributed by atoms with van der Waals surface area (Å²) in [6.45, 7) is 3.45. The van der Waals surface area contributed by atoms with Gasteiger partial charge in [0.25, 0.3) is 5.91 Å². The van der Waals surface area contributed by atoms with E-state index in [2.05, 4.69) is 10.3 Å². The fourth-order valence-corrected chi connectivity index (χ4v) is 2.73. The van der Waals surface area contributed by atoms with Gasteiger partial charge in [0, 0.05) is 17.4 Å². The molecule has 0 saturated carbocycles. The number of benzene rings is 1. The zero-order valence-electron chi connectivity index (χ0n) is 14.0. The molecule has 3 aromatic rings. The standard InChI is InChI=1S/C19H18FN3O2/c1-3-5-16-18(23-11-14(20)8-9-17(23)22-16)19(25)21-15-7-4-6-13(10-15)12(2)24/h4,6-11H,3,5H2,1-2H3,(H,21,25). The van der Waals surface area contributed by atoms with Gasteiger partial charge in [0.15, 0.2) is 5.78 Å². The third kappa shape index (κ3) is 3.42. The Bertz CT molecular complexity index is 962. The van der Waals surface area contributed by atoms with E-state index in [0.29, 0.717) is 34.7 Å². The molecule has 0 atom stereocenters. The van der Waals surface area contributed by atoms with E-state index < -0.39 is 5.82 Å². The molecule has 0 bridgehead atoms. The second kappa shape index (κ2) is 6.84. The van der Waals surface area contributed by atoms with Gasteiger partial charge in [-0.3, -0.25) is 14.0 Å². The molecule has 0 unspecified atom stereocenters. The van der Waals surface area contributed by atoms with Crippen LogP contribution in [0.15, 0.2) is 42.6 Å². The lowest BCUT2D eigenvalue weighted by Gasteiger charge is -2.08. The average Bonchev–Trinajstić information content (AvgIpc) is 2.92. The van der Waals surface area contributed by atoms with E-state index in [1.54, 1.807) is 30.3 Å². The summed E-state index contributed by atoms with van der Waals surface area (Å²) in [6, 6.07) is 9.56. The highest BCUT2D eigenvalue weighted by Gasteiger charge is 2.19. The number of carbonyl (C=O) groups is 2. The van der Waals surface area contributed by atoms with E-state index in [1.165, 1.54) is 23.6 Å². The molecule has 1 aromatic carbocycles. The Hall–Kier alpha value is -3.02. The second-order valence-electron chi connectivity index (χ2n) is 5.82. The number of Topliss-reactive ketones (excluding diaryl/α,β-unsaturated/α-hetero) is 1. The molecule has 3 rings (SSSR count). The number of ketones is 1. The van der Waals surface area contributed by atoms with Crippen LogP contribution < -0.4 is 5.32 Å². The maximum absolute atomic E-state index is 13.6. The van der Waals surface area contributed by atoms with Crippen LogP contribution in [0, 0.1) is 5.82 Å². The van der Waals surface area contributed by atoms with Crippen LogP contribution in [0.3, 0.4) is 0 Å². The van der Waals surface area contributed by atoms with Crippen LogP contribution in [0.4, 0.5) is 10.1 Å². The van der Waals surface area contributed by atoms with E-state index in [-0.39, 0.29) is 11.7 Å². The predicted octanol–water partition coefficient (Wildman–Crippen LogP) is 3.88. The zero-order chi connectivity index (χ0) is 18.0. The van der Waals surface area contributed by atoms with E-state index in [4.69, 9.17) is 0 Å². The van der Waals surface area contributed by atoms with Crippen molar-refractivity contribution in [2.24, 2.45) is 0 Å². The van der Waals surface area contributed by atoms with Crippen molar-refractivity contribution in [2.45, 2.75) is 26.7 Å². The number of pyridine rings is 1. The summed E-state index contributed by atoms with van der Waals surface area (Å²) in [7, 11) is 0. The minimum Gasteiger partial charge on any atom is -0.321 e. The van der Waals surface area contributed by atoms with Crippen molar-refractivity contribution in [3.05, 3.63) is 65.4 Å². The number of carbonyl (C=O) groups excluding carboxylic acids is 2. The first kappa shape index (κ1) is 16.8. The molecule has 0 aliphatic rings. The highest BCUT2D eigenvalue weighted by atomic mass is 19.1. The van der Waals surface area contributed by atoms with Gasteiger partial charge in [-0.2, -0.15) is 0 Å². The summed E-state index contributed by atoms with van der Waals surface area (Å²) in [5, 5.41) is 2.78. The number of hydrogen-bond donors (Lipinski definition) is 1. The number of fused-ring (bicyclic) bond motifs is 1. The van der Waals surface area contributed by atoms with Gasteiger partial charge in [0.1, 0.15) is 17.2 Å². The van der Waals surface area contributed by atoms with Crippen LogP contribution in [0.25, 0.3) is 5.65 Å². The lowest BCUT2D eigenvalue weighted by Crippen LogP contribution is -2.16. The molecule has 2 heterocycles. The number of hydrogen-bond acceptors (Lipinski definition) is 3. The van der Waals surface area contributed by atoms with E-state index in [0.717, 1.165) is 6.42 Å². The van der Waals surface area contributed by atoms with Crippen molar-refractivity contribution in [3.8, 4) is 0 Å². The maximum atomic E-state index is 13.6. The van der Waals surface area contributed by atoms with Gasteiger partial charge in [0.05, 0.1) is 5.69 Å². The first-order valence-electron chi connectivity index (χ1n) is 8.08. The minimum atomic E-state index is -0.444. The number of nitrogens with zero attached hydrogens (tertiary/aromatic N) is 2. The Kier molecular flexibility index (Phi) is 4.61. The Labute approximate surface area is 144 Å². The molecule has 2 aromatic heterocycles. The highest BCUT2D eigenvalue weighted by molar-refractivity contribution is 6.05. The Morgan fingerprint density at radius 1 is 1.24 bits per heavy atom. The van der Waals surface area contributed by atoms with Crippen LogP contribution in [-0.4, -0.2) is 21.1 Å². The molecule has 0 aliphatic heterocycles. The lowest BCUT2D eigenvalue weighted by molar-refractivity contribution is 0.100. The lowest BCUT2D eigenvalue weighted by atomic mass is 10.1. The van der Waals surface area contributed by atoms with Gasteiger partial charge in [0.2, 0.25) is 0 Å². The fourth-order valence-electron chi connectivity index (χ4n) is 2.73. The minimum absolute atomic E-state index is 0.0837. The highest BCUT2D eigenvalue weighted by Crippen LogP contribution is 2.18. The van der Waals surface area contributed by atoms with Gasteiger partial charge >= 0.3 is 0 Å². The van der Waals surface area contributed by atoms with Gasteiger partial charge in [-0.05, 0) is 37.6 Å². The largest absolute Gasteiger partial charge is 0.321 e. The molecular formula is C19H18FN3O2. The Morgan fingerprint density at radius 2 is 2.04 bits per heavy atom. The quantitative estimate of drug-likeness (QED) is 0.718. The molecule has 0 aliphatic carbocycles. The number of anilines is 1. The van der Waals surface area contributed by atoms with Gasteiger partial charge in [-0.25, -0.2) is 9.37 Å². The third-order valence-electron chi connectivity index (χ3n) is 3.88. The van der Waals surface area contributed by atoms with E-state index in [1.807, 2.05) is 6.92 Å². The van der Waals surface area contributed by atoms with Crippen molar-refractivity contribution in [1.82, 2.24) is 9.38 Å². The van der Waals surface area contributed by atoms with Gasteiger partial charge in [-0.1, -0.05) is 25.5 Å². The SMILES string of the molecule is CCCc1nc2ccc(F)cn2c1C(=O)Nc1cccc(C(C)=O)c1. The topological polar surface area (TPSA) is 63.5 Å². The van der Waals surface area contributed by atoms with Crippen molar-refractivity contribution >= 4 is 23.0 Å². The van der Waals surface area contributed by atoms with Crippen LogP contribution in [0.2, 0.25) is 0 Å².